The molecule has 0 bridgehead atoms. The van der Waals surface area contributed by atoms with Crippen molar-refractivity contribution in [1.82, 2.24) is 4.98 Å². The number of hydrogen-bond acceptors (Lipinski definition) is 1. The van der Waals surface area contributed by atoms with Gasteiger partial charge in [-0.1, -0.05) is 6.07 Å². The number of hydrogen-bond donors (Lipinski definition) is 0. The molecule has 1 heteroatoms. The first-order chi connectivity index (χ1) is 3.39. The van der Waals surface area contributed by atoms with Crippen molar-refractivity contribution in [2.24, 2.45) is 0 Å². The zero-order chi connectivity index (χ0) is 5.11. The third-order valence-electron chi connectivity index (χ3n) is 0.813. The van der Waals surface area contributed by atoms with Crippen LogP contribution in [0.25, 0.3) is 0 Å². The summed E-state index contributed by atoms with van der Waals surface area (Å²) in [6.07, 6.45) is 1.79. The summed E-state index contributed by atoms with van der Waals surface area (Å²) in [5.74, 6) is 0. The van der Waals surface area contributed by atoms with Crippen molar-refractivity contribution in [3.63, 3.8) is 0 Å². The topological polar surface area (TPSA) is 12.9 Å². The second-order valence-electron chi connectivity index (χ2n) is 1.47. The van der Waals surface area contributed by atoms with Crippen LogP contribution in [0.2, 0.25) is 0 Å². The molecule has 1 aromatic heterocycles. The predicted octanol–water partition coefficient (Wildman–Crippen LogP) is 1.64. The summed E-state index contributed by atoms with van der Waals surface area (Å²) < 4.78 is 0. The third kappa shape index (κ3) is 1.000. The van der Waals surface area contributed by atoms with E-state index in [1.165, 1.54) is 0 Å². The first-order valence-electron chi connectivity index (χ1n) is 2.27. The summed E-state index contributed by atoms with van der Waals surface area (Å²) >= 11 is 0. The molecule has 0 saturated heterocycles. The number of aryl methyl sites for hydroxylation is 1. The first kappa shape index (κ1) is 4.31. The van der Waals surface area contributed by atoms with Gasteiger partial charge in [0, 0.05) is 13.3 Å². The van der Waals surface area contributed by atoms with Crippen molar-refractivity contribution in [3.05, 3.63) is 30.1 Å². The number of pyridine rings is 1. The van der Waals surface area contributed by atoms with Gasteiger partial charge in [-0.2, -0.15) is 0 Å². The molecular formula is C6H9N. The predicted molar refractivity (Wildman–Crippen MR) is 31.1 cm³/mol. The highest BCUT2D eigenvalue weighted by atomic mass is 14.6. The van der Waals surface area contributed by atoms with Crippen LogP contribution in [0.3, 0.4) is 0 Å². The lowest BCUT2D eigenvalue weighted by atomic mass is 10.4. The minimum Gasteiger partial charge on any atom is -0.262 e. The molecule has 0 saturated carbocycles. The molecule has 0 spiro atoms. The van der Waals surface area contributed by atoms with Crippen molar-refractivity contribution in [2.45, 2.75) is 6.92 Å². The van der Waals surface area contributed by atoms with Gasteiger partial charge in [-0.25, -0.2) is 0 Å². The van der Waals surface area contributed by atoms with Crippen molar-refractivity contribution >= 4 is 0 Å². The maximum atomic E-state index is 3.98. The molecule has 0 aliphatic carbocycles. The van der Waals surface area contributed by atoms with Gasteiger partial charge in [-0.15, -0.1) is 0 Å². The molecule has 1 heterocycles. The van der Waals surface area contributed by atoms with Crippen molar-refractivity contribution < 1.29 is 1.43 Å². The zero-order valence-corrected chi connectivity index (χ0v) is 4.26. The molecule has 1 nitrogen and oxygen atoms in total. The van der Waals surface area contributed by atoms with Crippen LogP contribution in [0.5, 0.6) is 0 Å². The average molecular weight is 95.1 g/mol. The third-order valence-corrected chi connectivity index (χ3v) is 0.813. The second-order valence-corrected chi connectivity index (χ2v) is 1.47. The Labute approximate surface area is 44.5 Å². The van der Waals surface area contributed by atoms with Gasteiger partial charge in [-0.3, -0.25) is 4.98 Å². The smallest absolute Gasteiger partial charge is 0.0372 e. The van der Waals surface area contributed by atoms with Gasteiger partial charge in [-0.05, 0) is 19.1 Å². The molecule has 1 aromatic rings. The first-order valence-corrected chi connectivity index (χ1v) is 2.27. The highest BCUT2D eigenvalue weighted by molar-refractivity contribution is 4.99. The van der Waals surface area contributed by atoms with Crippen LogP contribution >= 0.6 is 0 Å². The van der Waals surface area contributed by atoms with Crippen LogP contribution in [-0.4, -0.2) is 4.98 Å². The molecule has 7 heavy (non-hydrogen) atoms. The molecule has 0 radical (unpaired) electrons. The Morgan fingerprint density at radius 2 is 2.43 bits per heavy atom. The van der Waals surface area contributed by atoms with E-state index < -0.39 is 0 Å². The Morgan fingerprint density at radius 1 is 1.57 bits per heavy atom. The minimum atomic E-state index is 0. The summed E-state index contributed by atoms with van der Waals surface area (Å²) in [7, 11) is 0. The van der Waals surface area contributed by atoms with Gasteiger partial charge < -0.3 is 0 Å². The van der Waals surface area contributed by atoms with Gasteiger partial charge in [0.2, 0.25) is 0 Å². The fraction of sp³-hybridized carbons (Fsp3) is 0.167. The fourth-order valence-electron chi connectivity index (χ4n) is 0.448. The molecule has 0 unspecified atom stereocenters. The summed E-state index contributed by atoms with van der Waals surface area (Å²) in [6, 6.07) is 5.86. The molecule has 1 rings (SSSR count). The van der Waals surface area contributed by atoms with Crippen LogP contribution in [0.1, 0.15) is 7.12 Å². The Balaban J connectivity index is 0.000000490. The van der Waals surface area contributed by atoms with Gasteiger partial charge >= 0.3 is 0 Å². The van der Waals surface area contributed by atoms with E-state index in [4.69, 9.17) is 0 Å². The molecule has 0 aromatic carbocycles. The van der Waals surface area contributed by atoms with Gasteiger partial charge in [0.25, 0.3) is 0 Å². The monoisotopic (exact) mass is 95.1 g/mol. The van der Waals surface area contributed by atoms with Gasteiger partial charge in [0.05, 0.1) is 0 Å². The van der Waals surface area contributed by atoms with Crippen molar-refractivity contribution in [1.29, 1.82) is 0 Å². The van der Waals surface area contributed by atoms with E-state index in [9.17, 15) is 0 Å². The van der Waals surface area contributed by atoms with E-state index in [0.717, 1.165) is 5.69 Å². The highest BCUT2D eigenvalue weighted by Gasteiger charge is 1.73. The van der Waals surface area contributed by atoms with Crippen molar-refractivity contribution in [2.75, 3.05) is 0 Å². The van der Waals surface area contributed by atoms with E-state index in [-0.39, 0.29) is 1.43 Å². The fourth-order valence-corrected chi connectivity index (χ4v) is 0.448. The highest BCUT2D eigenvalue weighted by Crippen LogP contribution is 1.85. The molecule has 0 aliphatic rings. The lowest BCUT2D eigenvalue weighted by molar-refractivity contribution is 1.20. The molecule has 0 atom stereocenters. The van der Waals surface area contributed by atoms with Crippen LogP contribution in [0.4, 0.5) is 0 Å². The maximum absolute atomic E-state index is 3.98. The lowest BCUT2D eigenvalue weighted by Gasteiger charge is -1.82. The van der Waals surface area contributed by atoms with E-state index in [0.29, 0.717) is 0 Å². The van der Waals surface area contributed by atoms with Gasteiger partial charge in [0.1, 0.15) is 0 Å². The molecule has 0 fully saturated rings. The van der Waals surface area contributed by atoms with Crippen LogP contribution < -0.4 is 0 Å². The van der Waals surface area contributed by atoms with Crippen molar-refractivity contribution in [3.8, 4) is 0 Å². The Bertz CT molecular complexity index is 138. The van der Waals surface area contributed by atoms with Crippen LogP contribution in [-0.2, 0) is 0 Å². The molecular weight excluding hydrogens is 86.1 g/mol. The summed E-state index contributed by atoms with van der Waals surface area (Å²) in [4.78, 5) is 3.98. The molecule has 0 N–H and O–H groups in total. The number of nitrogens with zero attached hydrogens (tertiary/aromatic N) is 1. The quantitative estimate of drug-likeness (QED) is 0.477. The summed E-state index contributed by atoms with van der Waals surface area (Å²) in [5.41, 5.74) is 1.07. The molecule has 0 amide bonds. The van der Waals surface area contributed by atoms with E-state index in [2.05, 4.69) is 4.98 Å². The van der Waals surface area contributed by atoms with Crippen LogP contribution in [0.15, 0.2) is 24.4 Å². The Kier molecular flexibility index (Phi) is 1.07. The van der Waals surface area contributed by atoms with E-state index >= 15 is 0 Å². The number of rotatable bonds is 0. The average Bonchev–Trinajstić information content (AvgIpc) is 1.69. The number of aromatic nitrogens is 1. The second kappa shape index (κ2) is 1.73. The largest absolute Gasteiger partial charge is 0.262 e. The van der Waals surface area contributed by atoms with E-state index in [1.54, 1.807) is 6.20 Å². The summed E-state index contributed by atoms with van der Waals surface area (Å²) in [5, 5.41) is 0. The lowest BCUT2D eigenvalue weighted by Crippen LogP contribution is -1.72. The Morgan fingerprint density at radius 3 is 2.71 bits per heavy atom. The standard InChI is InChI=1S/C6H7N.H2/c1-6-4-2-3-5-7-6;/h2-5H,1H3;1H. The maximum Gasteiger partial charge on any atom is 0.0372 e. The Hall–Kier alpha value is -0.850. The normalized spacial score (nSPS) is 8.71. The SMILES string of the molecule is Cc1ccccn1.[HH]. The van der Waals surface area contributed by atoms with E-state index in [1.807, 2.05) is 25.1 Å². The minimum absolute atomic E-state index is 0. The van der Waals surface area contributed by atoms with Crippen LogP contribution in [0, 0.1) is 6.92 Å². The van der Waals surface area contributed by atoms with Gasteiger partial charge in [0.15, 0.2) is 0 Å². The summed E-state index contributed by atoms with van der Waals surface area (Å²) in [6.45, 7) is 1.97. The molecule has 0 aliphatic heterocycles. The molecule has 38 valence electrons. The zero-order valence-electron chi connectivity index (χ0n) is 4.26.